The summed E-state index contributed by atoms with van der Waals surface area (Å²) in [7, 11) is 3.87. The molecular formula is C14H25N3O2S. The van der Waals surface area contributed by atoms with Crippen LogP contribution in [0.4, 0.5) is 4.79 Å². The summed E-state index contributed by atoms with van der Waals surface area (Å²) in [6, 6.07) is 0. The molecule has 5 nitrogen and oxygen atoms in total. The number of rotatable bonds is 1. The van der Waals surface area contributed by atoms with Gasteiger partial charge in [0.1, 0.15) is 16.4 Å². The third-order valence-electron chi connectivity index (χ3n) is 3.11. The lowest BCUT2D eigenvalue weighted by atomic mass is 10.1. The maximum Gasteiger partial charge on any atom is 0.410 e. The van der Waals surface area contributed by atoms with Crippen molar-refractivity contribution in [3.63, 3.8) is 0 Å². The molecule has 1 fully saturated rings. The van der Waals surface area contributed by atoms with Crippen molar-refractivity contribution >= 4 is 29.1 Å². The second-order valence-corrected chi connectivity index (χ2v) is 6.72. The van der Waals surface area contributed by atoms with Gasteiger partial charge in [0.15, 0.2) is 0 Å². The van der Waals surface area contributed by atoms with E-state index in [0.29, 0.717) is 18.1 Å². The van der Waals surface area contributed by atoms with Crippen molar-refractivity contribution in [3.05, 3.63) is 0 Å². The van der Waals surface area contributed by atoms with Gasteiger partial charge in [0, 0.05) is 33.1 Å². The third-order valence-corrected chi connectivity index (χ3v) is 3.53. The summed E-state index contributed by atoms with van der Waals surface area (Å²) in [4.78, 5) is 20.7. The molecule has 20 heavy (non-hydrogen) atoms. The van der Waals surface area contributed by atoms with Crippen LogP contribution in [0.25, 0.3) is 0 Å². The first-order valence-corrected chi connectivity index (χ1v) is 7.25. The number of nitrogens with zero attached hydrogens (tertiary/aromatic N) is 3. The zero-order valence-corrected chi connectivity index (χ0v) is 14.1. The largest absolute Gasteiger partial charge is 0.444 e. The maximum atomic E-state index is 12.0. The van der Waals surface area contributed by atoms with Gasteiger partial charge in [-0.3, -0.25) is 0 Å². The normalized spacial score (nSPS) is 20.0. The lowest BCUT2D eigenvalue weighted by molar-refractivity contribution is 0.0292. The molecule has 114 valence electrons. The van der Waals surface area contributed by atoms with Gasteiger partial charge in [0.2, 0.25) is 0 Å². The number of ether oxygens (including phenoxy) is 1. The minimum absolute atomic E-state index is 0.146. The SMILES string of the molecule is CC(=NC(=S)C1CCN(C(=O)OC(C)(C)C)C1)N(C)C. The quantitative estimate of drug-likeness (QED) is 0.424. The fourth-order valence-corrected chi connectivity index (χ4v) is 2.13. The Hall–Kier alpha value is -1.17. The number of hydrogen-bond donors (Lipinski definition) is 0. The van der Waals surface area contributed by atoms with E-state index in [2.05, 4.69) is 4.99 Å². The molecule has 0 N–H and O–H groups in total. The van der Waals surface area contributed by atoms with E-state index in [1.807, 2.05) is 46.7 Å². The highest BCUT2D eigenvalue weighted by Gasteiger charge is 2.31. The van der Waals surface area contributed by atoms with Gasteiger partial charge >= 0.3 is 6.09 Å². The third kappa shape index (κ3) is 5.07. The first kappa shape index (κ1) is 16.9. The van der Waals surface area contributed by atoms with Crippen molar-refractivity contribution in [1.82, 2.24) is 9.80 Å². The lowest BCUT2D eigenvalue weighted by Crippen LogP contribution is -2.35. The van der Waals surface area contributed by atoms with Crippen LogP contribution in [0.1, 0.15) is 34.1 Å². The molecule has 0 spiro atoms. The van der Waals surface area contributed by atoms with Crippen molar-refractivity contribution in [2.45, 2.75) is 39.7 Å². The highest BCUT2D eigenvalue weighted by Crippen LogP contribution is 2.21. The number of hydrogen-bond acceptors (Lipinski definition) is 3. The second-order valence-electron chi connectivity index (χ2n) is 6.30. The maximum absolute atomic E-state index is 12.0. The Bertz CT molecular complexity index is 413. The van der Waals surface area contributed by atoms with Crippen LogP contribution in [-0.4, -0.2) is 59.5 Å². The zero-order chi connectivity index (χ0) is 15.5. The summed E-state index contributed by atoms with van der Waals surface area (Å²) in [5, 5.41) is 0. The number of carbonyl (C=O) groups is 1. The Balaban J connectivity index is 2.57. The first-order chi connectivity index (χ1) is 9.10. The van der Waals surface area contributed by atoms with Gasteiger partial charge in [-0.25, -0.2) is 9.79 Å². The van der Waals surface area contributed by atoms with Crippen LogP contribution in [0.2, 0.25) is 0 Å². The molecule has 0 aromatic carbocycles. The van der Waals surface area contributed by atoms with Gasteiger partial charge in [-0.1, -0.05) is 12.2 Å². The van der Waals surface area contributed by atoms with Gasteiger partial charge in [0.05, 0.1) is 0 Å². The van der Waals surface area contributed by atoms with E-state index >= 15 is 0 Å². The minimum atomic E-state index is -0.463. The number of carbonyl (C=O) groups excluding carboxylic acids is 1. The van der Waals surface area contributed by atoms with E-state index in [0.717, 1.165) is 12.3 Å². The van der Waals surface area contributed by atoms with Crippen molar-refractivity contribution in [1.29, 1.82) is 0 Å². The predicted molar refractivity (Wildman–Crippen MR) is 85.3 cm³/mol. The highest BCUT2D eigenvalue weighted by atomic mass is 32.1. The van der Waals surface area contributed by atoms with E-state index in [9.17, 15) is 4.79 Å². The fraction of sp³-hybridized carbons (Fsp3) is 0.786. The van der Waals surface area contributed by atoms with Crippen LogP contribution >= 0.6 is 12.2 Å². The van der Waals surface area contributed by atoms with E-state index < -0.39 is 5.60 Å². The monoisotopic (exact) mass is 299 g/mol. The number of amides is 1. The number of thiocarbonyl (C=S) groups is 1. The van der Waals surface area contributed by atoms with Crippen molar-refractivity contribution in [3.8, 4) is 0 Å². The molecule has 1 heterocycles. The minimum Gasteiger partial charge on any atom is -0.444 e. The summed E-state index contributed by atoms with van der Waals surface area (Å²) >= 11 is 5.37. The van der Waals surface area contributed by atoms with Crippen LogP contribution in [0.15, 0.2) is 4.99 Å². The molecule has 1 unspecified atom stereocenters. The molecule has 0 bridgehead atoms. The standard InChI is InChI=1S/C14H25N3O2S/c1-10(16(5)6)15-12(20)11-7-8-17(9-11)13(18)19-14(2,3)4/h11H,7-9H2,1-6H3. The molecule has 0 aromatic rings. The summed E-state index contributed by atoms with van der Waals surface area (Å²) < 4.78 is 5.37. The zero-order valence-electron chi connectivity index (χ0n) is 13.3. The Labute approximate surface area is 127 Å². The van der Waals surface area contributed by atoms with Crippen molar-refractivity contribution < 1.29 is 9.53 Å². The first-order valence-electron chi connectivity index (χ1n) is 6.84. The Morgan fingerprint density at radius 2 is 2.00 bits per heavy atom. The molecular weight excluding hydrogens is 274 g/mol. The summed E-state index contributed by atoms with van der Waals surface area (Å²) in [5.41, 5.74) is -0.463. The molecule has 1 rings (SSSR count). The van der Waals surface area contributed by atoms with Crippen molar-refractivity contribution in [2.75, 3.05) is 27.2 Å². The average molecular weight is 299 g/mol. The molecule has 0 radical (unpaired) electrons. The van der Waals surface area contributed by atoms with E-state index in [1.54, 1.807) is 4.90 Å². The van der Waals surface area contributed by atoms with E-state index in [1.165, 1.54) is 0 Å². The lowest BCUT2D eigenvalue weighted by Gasteiger charge is -2.24. The molecule has 0 aromatic heterocycles. The molecule has 0 saturated carbocycles. The molecule has 1 aliphatic heterocycles. The van der Waals surface area contributed by atoms with Crippen LogP contribution in [0.3, 0.4) is 0 Å². The number of amidine groups is 1. The van der Waals surface area contributed by atoms with E-state index in [4.69, 9.17) is 17.0 Å². The van der Waals surface area contributed by atoms with Crippen LogP contribution < -0.4 is 0 Å². The Morgan fingerprint density at radius 3 is 2.50 bits per heavy atom. The Kier molecular flexibility index (Phi) is 5.50. The molecule has 1 amide bonds. The van der Waals surface area contributed by atoms with Gasteiger partial charge in [-0.05, 0) is 34.1 Å². The van der Waals surface area contributed by atoms with Gasteiger partial charge < -0.3 is 14.5 Å². The van der Waals surface area contributed by atoms with Gasteiger partial charge in [0.25, 0.3) is 0 Å². The smallest absolute Gasteiger partial charge is 0.410 e. The van der Waals surface area contributed by atoms with Crippen LogP contribution in [-0.2, 0) is 4.74 Å². The summed E-state index contributed by atoms with van der Waals surface area (Å²) in [6.07, 6.45) is 0.582. The average Bonchev–Trinajstić information content (AvgIpc) is 2.75. The van der Waals surface area contributed by atoms with Gasteiger partial charge in [-0.15, -0.1) is 0 Å². The fourth-order valence-electron chi connectivity index (χ4n) is 1.80. The van der Waals surface area contributed by atoms with E-state index in [-0.39, 0.29) is 12.0 Å². The number of likely N-dealkylation sites (tertiary alicyclic amines) is 1. The molecule has 1 atom stereocenters. The van der Waals surface area contributed by atoms with Crippen LogP contribution in [0, 0.1) is 5.92 Å². The molecule has 1 aliphatic rings. The topological polar surface area (TPSA) is 45.1 Å². The highest BCUT2D eigenvalue weighted by molar-refractivity contribution is 7.80. The number of aliphatic imine (C=N–C) groups is 1. The predicted octanol–water partition coefficient (Wildman–Crippen LogP) is 2.55. The molecule has 0 aliphatic carbocycles. The Morgan fingerprint density at radius 1 is 1.40 bits per heavy atom. The van der Waals surface area contributed by atoms with Gasteiger partial charge in [-0.2, -0.15) is 0 Å². The molecule has 6 heteroatoms. The second kappa shape index (κ2) is 6.52. The summed E-state index contributed by atoms with van der Waals surface area (Å²) in [5.74, 6) is 1.03. The summed E-state index contributed by atoms with van der Waals surface area (Å²) in [6.45, 7) is 8.80. The van der Waals surface area contributed by atoms with Crippen LogP contribution in [0.5, 0.6) is 0 Å². The molecule has 1 saturated heterocycles. The van der Waals surface area contributed by atoms with Crippen molar-refractivity contribution in [2.24, 2.45) is 10.9 Å².